The molecule has 0 aromatic heterocycles. The summed E-state index contributed by atoms with van der Waals surface area (Å²) in [6.07, 6.45) is 0.890. The van der Waals surface area contributed by atoms with E-state index in [0.29, 0.717) is 6.54 Å². The molecular formula is C24H23NO3. The number of carbonyl (C=O) groups excluding carboxylic acids is 2. The number of hydrogen-bond donors (Lipinski definition) is 1. The molecule has 28 heavy (non-hydrogen) atoms. The Morgan fingerprint density at radius 3 is 2.00 bits per heavy atom. The molecule has 1 amide bonds. The van der Waals surface area contributed by atoms with E-state index in [1.165, 1.54) is 0 Å². The van der Waals surface area contributed by atoms with Crippen molar-refractivity contribution in [2.75, 3.05) is 13.2 Å². The predicted octanol–water partition coefficient (Wildman–Crippen LogP) is 3.80. The molecule has 142 valence electrons. The summed E-state index contributed by atoms with van der Waals surface area (Å²) < 4.78 is 5.07. The molecule has 0 aliphatic carbocycles. The van der Waals surface area contributed by atoms with Crippen LogP contribution in [0.4, 0.5) is 0 Å². The Labute approximate surface area is 165 Å². The molecule has 0 atom stereocenters. The summed E-state index contributed by atoms with van der Waals surface area (Å²) in [5.74, 6) is -0.700. The summed E-state index contributed by atoms with van der Waals surface area (Å²) in [5, 5.41) is 2.76. The lowest BCUT2D eigenvalue weighted by Crippen LogP contribution is -2.30. The highest BCUT2D eigenvalue weighted by molar-refractivity contribution is 5.81. The molecule has 1 N–H and O–H groups in total. The van der Waals surface area contributed by atoms with Crippen LogP contribution in [0.5, 0.6) is 0 Å². The summed E-state index contributed by atoms with van der Waals surface area (Å²) in [5.41, 5.74) is 4.23. The smallest absolute Gasteiger partial charge is 0.310 e. The van der Waals surface area contributed by atoms with E-state index in [1.54, 1.807) is 0 Å². The van der Waals surface area contributed by atoms with Gasteiger partial charge in [-0.15, -0.1) is 0 Å². The summed E-state index contributed by atoms with van der Waals surface area (Å²) in [6.45, 7) is 0.261. The van der Waals surface area contributed by atoms with E-state index in [2.05, 4.69) is 5.32 Å². The van der Waals surface area contributed by atoms with E-state index in [9.17, 15) is 9.59 Å². The standard InChI is InChI=1S/C24H23NO3/c26-23(25-16-15-19-7-3-1-4-8-19)18-28-24(27)17-20-11-13-22(14-12-20)21-9-5-2-6-10-21/h1-14H,15-18H2,(H,25,26). The van der Waals surface area contributed by atoms with Crippen LogP contribution in [0.2, 0.25) is 0 Å². The molecule has 3 aromatic rings. The zero-order chi connectivity index (χ0) is 19.6. The van der Waals surface area contributed by atoms with Crippen LogP contribution in [0.25, 0.3) is 11.1 Å². The van der Waals surface area contributed by atoms with E-state index in [-0.39, 0.29) is 18.9 Å². The average molecular weight is 373 g/mol. The molecule has 0 unspecified atom stereocenters. The minimum Gasteiger partial charge on any atom is -0.455 e. The Balaban J connectivity index is 1.38. The topological polar surface area (TPSA) is 55.4 Å². The van der Waals surface area contributed by atoms with Crippen molar-refractivity contribution in [1.82, 2.24) is 5.32 Å². The molecule has 3 rings (SSSR count). The second-order valence-electron chi connectivity index (χ2n) is 6.49. The van der Waals surface area contributed by atoms with Crippen LogP contribution in [-0.4, -0.2) is 25.0 Å². The summed E-state index contributed by atoms with van der Waals surface area (Å²) >= 11 is 0. The number of amides is 1. The second kappa shape index (κ2) is 10.1. The normalized spacial score (nSPS) is 10.3. The van der Waals surface area contributed by atoms with Crippen molar-refractivity contribution in [3.63, 3.8) is 0 Å². The fraction of sp³-hybridized carbons (Fsp3) is 0.167. The highest BCUT2D eigenvalue weighted by Crippen LogP contribution is 2.19. The molecule has 4 nitrogen and oxygen atoms in total. The van der Waals surface area contributed by atoms with E-state index in [0.717, 1.165) is 28.7 Å². The summed E-state index contributed by atoms with van der Waals surface area (Å²) in [4.78, 5) is 23.8. The first-order valence-electron chi connectivity index (χ1n) is 9.31. The fourth-order valence-electron chi connectivity index (χ4n) is 2.85. The number of carbonyl (C=O) groups is 2. The highest BCUT2D eigenvalue weighted by atomic mass is 16.5. The van der Waals surface area contributed by atoms with Crippen LogP contribution in [0.15, 0.2) is 84.9 Å². The molecule has 0 saturated heterocycles. The van der Waals surface area contributed by atoms with Crippen molar-refractivity contribution in [2.45, 2.75) is 12.8 Å². The maximum Gasteiger partial charge on any atom is 0.310 e. The monoisotopic (exact) mass is 373 g/mol. The van der Waals surface area contributed by atoms with Crippen LogP contribution in [0, 0.1) is 0 Å². The quantitative estimate of drug-likeness (QED) is 0.611. The van der Waals surface area contributed by atoms with Gasteiger partial charge in [0.15, 0.2) is 6.61 Å². The molecule has 0 aliphatic rings. The largest absolute Gasteiger partial charge is 0.455 e. The van der Waals surface area contributed by atoms with Crippen LogP contribution >= 0.6 is 0 Å². The zero-order valence-electron chi connectivity index (χ0n) is 15.6. The van der Waals surface area contributed by atoms with Gasteiger partial charge in [-0.3, -0.25) is 9.59 Å². The number of nitrogens with one attached hydrogen (secondary N) is 1. The van der Waals surface area contributed by atoms with Gasteiger partial charge in [0.25, 0.3) is 5.91 Å². The van der Waals surface area contributed by atoms with Gasteiger partial charge in [0.05, 0.1) is 6.42 Å². The second-order valence-corrected chi connectivity index (χ2v) is 6.49. The predicted molar refractivity (Wildman–Crippen MR) is 110 cm³/mol. The first-order valence-corrected chi connectivity index (χ1v) is 9.31. The average Bonchev–Trinajstić information content (AvgIpc) is 2.74. The molecule has 3 aromatic carbocycles. The maximum absolute atomic E-state index is 12.0. The maximum atomic E-state index is 12.0. The van der Waals surface area contributed by atoms with Crippen molar-refractivity contribution >= 4 is 11.9 Å². The van der Waals surface area contributed by atoms with Crippen LogP contribution in [0.3, 0.4) is 0 Å². The highest BCUT2D eigenvalue weighted by Gasteiger charge is 2.09. The van der Waals surface area contributed by atoms with Crippen molar-refractivity contribution in [1.29, 1.82) is 0 Å². The van der Waals surface area contributed by atoms with E-state index in [1.807, 2.05) is 84.9 Å². The Hall–Kier alpha value is -3.40. The van der Waals surface area contributed by atoms with Crippen molar-refractivity contribution in [3.8, 4) is 11.1 Å². The Morgan fingerprint density at radius 2 is 1.32 bits per heavy atom. The van der Waals surface area contributed by atoms with Crippen molar-refractivity contribution in [2.24, 2.45) is 0 Å². The number of hydrogen-bond acceptors (Lipinski definition) is 3. The first kappa shape index (κ1) is 19.4. The molecule has 0 saturated carbocycles. The number of esters is 1. The third-order valence-corrected chi connectivity index (χ3v) is 4.35. The Bertz CT molecular complexity index is 890. The van der Waals surface area contributed by atoms with E-state index >= 15 is 0 Å². The van der Waals surface area contributed by atoms with Crippen molar-refractivity contribution in [3.05, 3.63) is 96.1 Å². The number of rotatable bonds is 8. The van der Waals surface area contributed by atoms with Gasteiger partial charge >= 0.3 is 5.97 Å². The molecule has 0 bridgehead atoms. The van der Waals surface area contributed by atoms with Gasteiger partial charge in [-0.05, 0) is 28.7 Å². The third kappa shape index (κ3) is 6.09. The molecular weight excluding hydrogens is 350 g/mol. The van der Waals surface area contributed by atoms with Gasteiger partial charge in [-0.2, -0.15) is 0 Å². The van der Waals surface area contributed by atoms with E-state index in [4.69, 9.17) is 4.74 Å². The van der Waals surface area contributed by atoms with Crippen LogP contribution < -0.4 is 5.32 Å². The lowest BCUT2D eigenvalue weighted by Gasteiger charge is -2.07. The van der Waals surface area contributed by atoms with Crippen LogP contribution in [-0.2, 0) is 27.2 Å². The molecule has 0 aliphatic heterocycles. The minimum absolute atomic E-state index is 0.145. The molecule has 4 heteroatoms. The summed E-state index contributed by atoms with van der Waals surface area (Å²) in [6, 6.07) is 27.7. The fourth-order valence-corrected chi connectivity index (χ4v) is 2.85. The lowest BCUT2D eigenvalue weighted by molar-refractivity contribution is -0.147. The number of benzene rings is 3. The third-order valence-electron chi connectivity index (χ3n) is 4.35. The van der Waals surface area contributed by atoms with Crippen LogP contribution in [0.1, 0.15) is 11.1 Å². The molecule has 0 fully saturated rings. The molecule has 0 heterocycles. The SMILES string of the molecule is O=C(COC(=O)Cc1ccc(-c2ccccc2)cc1)NCCc1ccccc1. The summed E-state index contributed by atoms with van der Waals surface area (Å²) in [7, 11) is 0. The van der Waals surface area contributed by atoms with Gasteiger partial charge in [-0.25, -0.2) is 0 Å². The van der Waals surface area contributed by atoms with E-state index < -0.39 is 5.97 Å². The molecule has 0 radical (unpaired) electrons. The van der Waals surface area contributed by atoms with Gasteiger partial charge < -0.3 is 10.1 Å². The van der Waals surface area contributed by atoms with Gasteiger partial charge in [0.2, 0.25) is 0 Å². The lowest BCUT2D eigenvalue weighted by atomic mass is 10.0. The van der Waals surface area contributed by atoms with Crippen molar-refractivity contribution < 1.29 is 14.3 Å². The van der Waals surface area contributed by atoms with Gasteiger partial charge in [-0.1, -0.05) is 84.9 Å². The number of ether oxygens (including phenoxy) is 1. The first-order chi connectivity index (χ1) is 13.7. The molecule has 0 spiro atoms. The minimum atomic E-state index is -0.411. The van der Waals surface area contributed by atoms with Gasteiger partial charge in [0.1, 0.15) is 0 Å². The Kier molecular flexibility index (Phi) is 6.96. The zero-order valence-corrected chi connectivity index (χ0v) is 15.6. The van der Waals surface area contributed by atoms with Gasteiger partial charge in [0, 0.05) is 6.54 Å². The Morgan fingerprint density at radius 1 is 0.714 bits per heavy atom.